The van der Waals surface area contributed by atoms with E-state index in [0.717, 1.165) is 24.8 Å². The fourth-order valence-corrected chi connectivity index (χ4v) is 2.72. The van der Waals surface area contributed by atoms with Crippen molar-refractivity contribution in [1.82, 2.24) is 9.80 Å². The van der Waals surface area contributed by atoms with Crippen LogP contribution in [0, 0.1) is 6.92 Å². The minimum atomic E-state index is -0.234. The van der Waals surface area contributed by atoms with Gasteiger partial charge in [-0.1, -0.05) is 12.5 Å². The molecule has 1 aliphatic rings. The van der Waals surface area contributed by atoms with Gasteiger partial charge in [-0.25, -0.2) is 0 Å². The molecule has 1 N–H and O–H groups in total. The van der Waals surface area contributed by atoms with E-state index in [2.05, 4.69) is 5.32 Å². The highest BCUT2D eigenvalue weighted by Crippen LogP contribution is 2.18. The number of aryl methyl sites for hydroxylation is 1. The molecule has 0 spiro atoms. The van der Waals surface area contributed by atoms with Crippen LogP contribution in [0.25, 0.3) is 0 Å². The number of hydrogen-bond donors (Lipinski definition) is 1. The number of anilines is 1. The van der Waals surface area contributed by atoms with Gasteiger partial charge in [-0.2, -0.15) is 0 Å². The largest absolute Gasteiger partial charge is 0.345 e. The molecule has 0 bridgehead atoms. The summed E-state index contributed by atoms with van der Waals surface area (Å²) in [6.45, 7) is 2.56. The van der Waals surface area contributed by atoms with Crippen molar-refractivity contribution >= 4 is 23.4 Å². The summed E-state index contributed by atoms with van der Waals surface area (Å²) in [5, 5.41) is 2.83. The van der Waals surface area contributed by atoms with Crippen LogP contribution in [0.4, 0.5) is 5.69 Å². The fraction of sp³-hybridized carbons (Fsp3) is 0.500. The molecular weight excluding hydrogens is 306 g/mol. The molecule has 0 unspecified atom stereocenters. The van der Waals surface area contributed by atoms with E-state index >= 15 is 0 Å². The lowest BCUT2D eigenvalue weighted by atomic mass is 10.1. The third kappa shape index (κ3) is 4.57. The number of carbonyl (C=O) groups excluding carboxylic acids is 3. The van der Waals surface area contributed by atoms with Crippen LogP contribution in [0.1, 0.15) is 41.6 Å². The number of likely N-dealkylation sites (tertiary alicyclic amines) is 1. The summed E-state index contributed by atoms with van der Waals surface area (Å²) >= 11 is 0. The van der Waals surface area contributed by atoms with Crippen molar-refractivity contribution in [3.05, 3.63) is 29.3 Å². The van der Waals surface area contributed by atoms with Gasteiger partial charge in [-0.3, -0.25) is 14.4 Å². The fourth-order valence-electron chi connectivity index (χ4n) is 2.72. The molecule has 1 aliphatic heterocycles. The van der Waals surface area contributed by atoms with Crippen LogP contribution < -0.4 is 5.32 Å². The van der Waals surface area contributed by atoms with Gasteiger partial charge < -0.3 is 15.1 Å². The monoisotopic (exact) mass is 331 g/mol. The lowest BCUT2D eigenvalue weighted by Gasteiger charge is -2.20. The Morgan fingerprint density at radius 1 is 1.21 bits per heavy atom. The molecule has 1 aromatic carbocycles. The molecule has 0 aromatic heterocycles. The Hall–Kier alpha value is -2.37. The summed E-state index contributed by atoms with van der Waals surface area (Å²) in [6, 6.07) is 5.23. The van der Waals surface area contributed by atoms with E-state index in [1.54, 1.807) is 31.1 Å². The first-order valence-corrected chi connectivity index (χ1v) is 8.28. The molecule has 0 aliphatic carbocycles. The molecule has 6 heteroatoms. The van der Waals surface area contributed by atoms with Crippen molar-refractivity contribution in [2.45, 2.75) is 32.6 Å². The second-order valence-electron chi connectivity index (χ2n) is 6.40. The van der Waals surface area contributed by atoms with Crippen LogP contribution in [0.2, 0.25) is 0 Å². The van der Waals surface area contributed by atoms with Crippen molar-refractivity contribution in [1.29, 1.82) is 0 Å². The number of hydrogen-bond acceptors (Lipinski definition) is 3. The van der Waals surface area contributed by atoms with Gasteiger partial charge in [-0.05, 0) is 37.5 Å². The highest BCUT2D eigenvalue weighted by atomic mass is 16.2. The van der Waals surface area contributed by atoms with Crippen molar-refractivity contribution in [3.63, 3.8) is 0 Å². The topological polar surface area (TPSA) is 69.7 Å². The van der Waals surface area contributed by atoms with E-state index in [9.17, 15) is 14.4 Å². The third-order valence-corrected chi connectivity index (χ3v) is 4.17. The van der Waals surface area contributed by atoms with E-state index in [4.69, 9.17) is 0 Å². The Kier molecular flexibility index (Phi) is 5.95. The molecule has 130 valence electrons. The number of benzene rings is 1. The standard InChI is InChI=1S/C18H25N3O3/c1-13-8-9-14(18(24)20(2)3)11-15(13)19-16(22)12-21-10-6-4-5-7-17(21)23/h8-9,11H,4-7,10,12H2,1-3H3,(H,19,22). The molecule has 1 saturated heterocycles. The molecule has 1 aromatic rings. The Balaban J connectivity index is 2.06. The van der Waals surface area contributed by atoms with Crippen LogP contribution in [-0.2, 0) is 9.59 Å². The molecule has 3 amide bonds. The van der Waals surface area contributed by atoms with Crippen LogP contribution in [0.3, 0.4) is 0 Å². The summed E-state index contributed by atoms with van der Waals surface area (Å²) in [5.74, 6) is -0.313. The van der Waals surface area contributed by atoms with E-state index in [-0.39, 0.29) is 24.3 Å². The van der Waals surface area contributed by atoms with E-state index < -0.39 is 0 Å². The highest BCUT2D eigenvalue weighted by molar-refractivity contribution is 5.98. The van der Waals surface area contributed by atoms with Gasteiger partial charge in [0.1, 0.15) is 0 Å². The van der Waals surface area contributed by atoms with E-state index in [1.165, 1.54) is 4.90 Å². The van der Waals surface area contributed by atoms with Crippen LogP contribution in [0.5, 0.6) is 0 Å². The van der Waals surface area contributed by atoms with Crippen LogP contribution in [-0.4, -0.2) is 54.7 Å². The zero-order valence-corrected chi connectivity index (χ0v) is 14.6. The highest BCUT2D eigenvalue weighted by Gasteiger charge is 2.20. The normalized spacial score (nSPS) is 15.0. The van der Waals surface area contributed by atoms with Crippen molar-refractivity contribution in [2.75, 3.05) is 32.5 Å². The third-order valence-electron chi connectivity index (χ3n) is 4.17. The maximum absolute atomic E-state index is 12.3. The Labute approximate surface area is 142 Å². The number of amides is 3. The lowest BCUT2D eigenvalue weighted by Crippen LogP contribution is -2.37. The molecule has 0 radical (unpaired) electrons. The molecule has 24 heavy (non-hydrogen) atoms. The second kappa shape index (κ2) is 7.95. The number of carbonyl (C=O) groups is 3. The zero-order chi connectivity index (χ0) is 17.7. The number of nitrogens with one attached hydrogen (secondary N) is 1. The molecule has 1 heterocycles. The van der Waals surface area contributed by atoms with Gasteiger partial charge in [0, 0.05) is 38.3 Å². The van der Waals surface area contributed by atoms with Gasteiger partial charge in [0.05, 0.1) is 6.54 Å². The smallest absolute Gasteiger partial charge is 0.253 e. The van der Waals surface area contributed by atoms with Gasteiger partial charge in [0.25, 0.3) is 5.91 Å². The Morgan fingerprint density at radius 3 is 2.67 bits per heavy atom. The summed E-state index contributed by atoms with van der Waals surface area (Å²) in [4.78, 5) is 39.5. The summed E-state index contributed by atoms with van der Waals surface area (Å²) in [6.07, 6.45) is 3.37. The van der Waals surface area contributed by atoms with Gasteiger partial charge in [0.15, 0.2) is 0 Å². The number of nitrogens with zero attached hydrogens (tertiary/aromatic N) is 2. The lowest BCUT2D eigenvalue weighted by molar-refractivity contribution is -0.134. The van der Waals surface area contributed by atoms with Crippen molar-refractivity contribution < 1.29 is 14.4 Å². The second-order valence-corrected chi connectivity index (χ2v) is 6.40. The van der Waals surface area contributed by atoms with Crippen LogP contribution in [0.15, 0.2) is 18.2 Å². The van der Waals surface area contributed by atoms with Gasteiger partial charge in [0.2, 0.25) is 11.8 Å². The molecule has 1 fully saturated rings. The van der Waals surface area contributed by atoms with Crippen molar-refractivity contribution in [2.24, 2.45) is 0 Å². The Bertz CT molecular complexity index is 640. The Morgan fingerprint density at radius 2 is 1.96 bits per heavy atom. The van der Waals surface area contributed by atoms with Gasteiger partial charge >= 0.3 is 0 Å². The quantitative estimate of drug-likeness (QED) is 0.918. The van der Waals surface area contributed by atoms with Crippen LogP contribution >= 0.6 is 0 Å². The average Bonchev–Trinajstić information content (AvgIpc) is 2.73. The SMILES string of the molecule is Cc1ccc(C(=O)N(C)C)cc1NC(=O)CN1CCCCCC1=O. The molecule has 2 rings (SSSR count). The molecule has 0 atom stereocenters. The van der Waals surface area contributed by atoms with E-state index in [1.807, 2.05) is 13.0 Å². The predicted octanol–water partition coefficient (Wildman–Crippen LogP) is 2.04. The van der Waals surface area contributed by atoms with E-state index in [0.29, 0.717) is 24.2 Å². The minimum absolute atomic E-state index is 0.0379. The molecule has 0 saturated carbocycles. The predicted molar refractivity (Wildman–Crippen MR) is 92.9 cm³/mol. The van der Waals surface area contributed by atoms with Gasteiger partial charge in [-0.15, -0.1) is 0 Å². The van der Waals surface area contributed by atoms with Crippen molar-refractivity contribution in [3.8, 4) is 0 Å². The summed E-state index contributed by atoms with van der Waals surface area (Å²) < 4.78 is 0. The molecule has 6 nitrogen and oxygen atoms in total. The first-order chi connectivity index (χ1) is 11.4. The summed E-state index contributed by atoms with van der Waals surface area (Å²) in [7, 11) is 3.37. The zero-order valence-electron chi connectivity index (χ0n) is 14.6. The average molecular weight is 331 g/mol. The minimum Gasteiger partial charge on any atom is -0.345 e. The first-order valence-electron chi connectivity index (χ1n) is 8.28. The summed E-state index contributed by atoms with van der Waals surface area (Å²) in [5.41, 5.74) is 2.00. The maximum atomic E-state index is 12.3. The first kappa shape index (κ1) is 18.0. The maximum Gasteiger partial charge on any atom is 0.253 e. The number of rotatable bonds is 4. The molecular formula is C18H25N3O3.